The largest absolute Gasteiger partial charge is 0.326 e. The number of nitrogens with one attached hydrogen (secondary N) is 1. The maximum atomic E-state index is 11.5. The van der Waals surface area contributed by atoms with Crippen molar-refractivity contribution in [3.63, 3.8) is 0 Å². The number of para-hydroxylation sites is 1. The minimum Gasteiger partial charge on any atom is -0.326 e. The Balaban J connectivity index is 2.27. The molecule has 0 bridgehead atoms. The maximum absolute atomic E-state index is 11.5. The van der Waals surface area contributed by atoms with Crippen LogP contribution < -0.4 is 5.32 Å². The minimum absolute atomic E-state index is 0.0441. The van der Waals surface area contributed by atoms with Crippen LogP contribution in [0.25, 0.3) is 0 Å². The van der Waals surface area contributed by atoms with Gasteiger partial charge >= 0.3 is 0 Å². The number of carbonyl (C=O) groups excluding carboxylic acids is 1. The van der Waals surface area contributed by atoms with E-state index in [-0.39, 0.29) is 5.91 Å². The van der Waals surface area contributed by atoms with Gasteiger partial charge < -0.3 is 5.32 Å². The standard InChI is InChI=1S/C12H16N2OS/c1-10(13-2)16-9-8-12(15)14-11-6-4-3-5-7-11/h3-7H,8-9H2,1-2H3,(H,14,15). The van der Waals surface area contributed by atoms with Gasteiger partial charge in [0, 0.05) is 24.9 Å². The Morgan fingerprint density at radius 3 is 2.69 bits per heavy atom. The van der Waals surface area contributed by atoms with Crippen molar-refractivity contribution in [3.8, 4) is 0 Å². The second-order valence-corrected chi connectivity index (χ2v) is 4.54. The Morgan fingerprint density at radius 2 is 2.06 bits per heavy atom. The van der Waals surface area contributed by atoms with Gasteiger partial charge in [-0.3, -0.25) is 9.79 Å². The van der Waals surface area contributed by atoms with Crippen molar-refractivity contribution in [2.45, 2.75) is 13.3 Å². The first kappa shape index (κ1) is 12.8. The molecule has 1 rings (SSSR count). The lowest BCUT2D eigenvalue weighted by Gasteiger charge is -2.04. The Labute approximate surface area is 100 Å². The highest BCUT2D eigenvalue weighted by Crippen LogP contribution is 2.08. The third-order valence-corrected chi connectivity index (χ3v) is 3.02. The fourth-order valence-electron chi connectivity index (χ4n) is 1.10. The molecule has 86 valence electrons. The van der Waals surface area contributed by atoms with Crippen LogP contribution in [0.1, 0.15) is 13.3 Å². The molecule has 3 nitrogen and oxygen atoms in total. The molecule has 1 N–H and O–H groups in total. The van der Waals surface area contributed by atoms with Crippen LogP contribution in [0.3, 0.4) is 0 Å². The molecule has 0 saturated heterocycles. The van der Waals surface area contributed by atoms with Gasteiger partial charge in [-0.25, -0.2) is 0 Å². The molecule has 0 aliphatic rings. The van der Waals surface area contributed by atoms with E-state index in [1.807, 2.05) is 37.3 Å². The third kappa shape index (κ3) is 4.98. The van der Waals surface area contributed by atoms with Crippen LogP contribution in [0, 0.1) is 0 Å². The number of benzene rings is 1. The number of nitrogens with zero attached hydrogens (tertiary/aromatic N) is 1. The Kier molecular flexibility index (Phi) is 5.64. The Hall–Kier alpha value is -1.29. The van der Waals surface area contributed by atoms with E-state index in [0.29, 0.717) is 6.42 Å². The van der Waals surface area contributed by atoms with Crippen LogP contribution in [-0.4, -0.2) is 23.8 Å². The third-order valence-electron chi connectivity index (χ3n) is 2.01. The number of rotatable bonds is 4. The van der Waals surface area contributed by atoms with Gasteiger partial charge in [0.2, 0.25) is 5.91 Å². The van der Waals surface area contributed by atoms with Gasteiger partial charge in [-0.05, 0) is 19.1 Å². The molecule has 0 radical (unpaired) electrons. The average Bonchev–Trinajstić information content (AvgIpc) is 2.30. The first-order valence-electron chi connectivity index (χ1n) is 5.13. The number of thioether (sulfide) groups is 1. The van der Waals surface area contributed by atoms with Crippen LogP contribution in [0.4, 0.5) is 5.69 Å². The van der Waals surface area contributed by atoms with E-state index < -0.39 is 0 Å². The number of hydrogen-bond donors (Lipinski definition) is 1. The van der Waals surface area contributed by atoms with Crippen molar-refractivity contribution < 1.29 is 4.79 Å². The molecule has 0 aliphatic heterocycles. The van der Waals surface area contributed by atoms with Gasteiger partial charge in [0.15, 0.2) is 0 Å². The summed E-state index contributed by atoms with van der Waals surface area (Å²) in [5, 5.41) is 3.85. The van der Waals surface area contributed by atoms with Crippen LogP contribution in [0.2, 0.25) is 0 Å². The summed E-state index contributed by atoms with van der Waals surface area (Å²) in [5.74, 6) is 0.810. The topological polar surface area (TPSA) is 41.5 Å². The lowest BCUT2D eigenvalue weighted by molar-refractivity contribution is -0.115. The summed E-state index contributed by atoms with van der Waals surface area (Å²) >= 11 is 1.60. The molecule has 1 amide bonds. The van der Waals surface area contributed by atoms with Crippen molar-refractivity contribution in [3.05, 3.63) is 30.3 Å². The average molecular weight is 236 g/mol. The van der Waals surface area contributed by atoms with Crippen molar-refractivity contribution >= 4 is 28.4 Å². The zero-order valence-electron chi connectivity index (χ0n) is 9.56. The molecule has 4 heteroatoms. The first-order chi connectivity index (χ1) is 7.72. The predicted molar refractivity (Wildman–Crippen MR) is 71.2 cm³/mol. The molecule has 0 saturated carbocycles. The number of hydrogen-bond acceptors (Lipinski definition) is 3. The predicted octanol–water partition coefficient (Wildman–Crippen LogP) is 2.80. The Bertz CT molecular complexity index is 363. The smallest absolute Gasteiger partial charge is 0.225 e. The summed E-state index contributed by atoms with van der Waals surface area (Å²) in [4.78, 5) is 15.5. The van der Waals surface area contributed by atoms with Gasteiger partial charge in [-0.15, -0.1) is 11.8 Å². The molecule has 16 heavy (non-hydrogen) atoms. The molecule has 1 aromatic carbocycles. The van der Waals surface area contributed by atoms with E-state index in [1.54, 1.807) is 18.8 Å². The second kappa shape index (κ2) is 7.06. The Morgan fingerprint density at radius 1 is 1.38 bits per heavy atom. The lowest BCUT2D eigenvalue weighted by atomic mass is 10.3. The van der Waals surface area contributed by atoms with Crippen molar-refractivity contribution in [2.24, 2.45) is 4.99 Å². The highest BCUT2D eigenvalue weighted by molar-refractivity contribution is 8.13. The quantitative estimate of drug-likeness (QED) is 0.645. The summed E-state index contributed by atoms with van der Waals surface area (Å²) < 4.78 is 0. The van der Waals surface area contributed by atoms with Gasteiger partial charge in [0.1, 0.15) is 0 Å². The molecule has 0 spiro atoms. The summed E-state index contributed by atoms with van der Waals surface area (Å²) in [7, 11) is 1.76. The fourth-order valence-corrected chi connectivity index (χ4v) is 1.81. The van der Waals surface area contributed by atoms with Crippen LogP contribution >= 0.6 is 11.8 Å². The highest BCUT2D eigenvalue weighted by atomic mass is 32.2. The van der Waals surface area contributed by atoms with Gasteiger partial charge in [0.05, 0.1) is 5.04 Å². The monoisotopic (exact) mass is 236 g/mol. The van der Waals surface area contributed by atoms with E-state index in [9.17, 15) is 4.79 Å². The SMILES string of the molecule is CN=C(C)SCCC(=O)Nc1ccccc1. The molecular weight excluding hydrogens is 220 g/mol. The van der Waals surface area contributed by atoms with Crippen LogP contribution in [0.5, 0.6) is 0 Å². The second-order valence-electron chi connectivity index (χ2n) is 3.26. The lowest BCUT2D eigenvalue weighted by Crippen LogP contribution is -2.12. The molecular formula is C12H16N2OS. The molecule has 0 fully saturated rings. The zero-order chi connectivity index (χ0) is 11.8. The van der Waals surface area contributed by atoms with Crippen LogP contribution in [0.15, 0.2) is 35.3 Å². The molecule has 1 aromatic rings. The highest BCUT2D eigenvalue weighted by Gasteiger charge is 2.02. The minimum atomic E-state index is 0.0441. The zero-order valence-corrected chi connectivity index (χ0v) is 10.4. The van der Waals surface area contributed by atoms with E-state index in [0.717, 1.165) is 16.5 Å². The fraction of sp³-hybridized carbons (Fsp3) is 0.333. The normalized spacial score (nSPS) is 11.2. The van der Waals surface area contributed by atoms with Crippen molar-refractivity contribution in [1.29, 1.82) is 0 Å². The number of aliphatic imine (C=N–C) groups is 1. The van der Waals surface area contributed by atoms with E-state index >= 15 is 0 Å². The first-order valence-corrected chi connectivity index (χ1v) is 6.12. The van der Waals surface area contributed by atoms with Crippen molar-refractivity contribution in [2.75, 3.05) is 18.1 Å². The molecule has 0 unspecified atom stereocenters. The molecule has 0 aromatic heterocycles. The van der Waals surface area contributed by atoms with Gasteiger partial charge in [0.25, 0.3) is 0 Å². The molecule has 0 atom stereocenters. The van der Waals surface area contributed by atoms with E-state index in [4.69, 9.17) is 0 Å². The van der Waals surface area contributed by atoms with Gasteiger partial charge in [-0.2, -0.15) is 0 Å². The summed E-state index contributed by atoms with van der Waals surface area (Å²) in [6.45, 7) is 1.94. The summed E-state index contributed by atoms with van der Waals surface area (Å²) in [6.07, 6.45) is 0.506. The van der Waals surface area contributed by atoms with Crippen LogP contribution in [-0.2, 0) is 4.79 Å². The summed E-state index contributed by atoms with van der Waals surface area (Å²) in [6, 6.07) is 9.48. The summed E-state index contributed by atoms with van der Waals surface area (Å²) in [5.41, 5.74) is 0.846. The number of anilines is 1. The number of amides is 1. The molecule has 0 heterocycles. The maximum Gasteiger partial charge on any atom is 0.225 e. The number of carbonyl (C=O) groups is 1. The molecule has 0 aliphatic carbocycles. The van der Waals surface area contributed by atoms with Crippen molar-refractivity contribution in [1.82, 2.24) is 0 Å². The van der Waals surface area contributed by atoms with Gasteiger partial charge in [-0.1, -0.05) is 18.2 Å². The van der Waals surface area contributed by atoms with E-state index in [2.05, 4.69) is 10.3 Å². The van der Waals surface area contributed by atoms with E-state index in [1.165, 1.54) is 0 Å².